The Labute approximate surface area is 130 Å². The van der Waals surface area contributed by atoms with E-state index in [9.17, 15) is 4.79 Å². The van der Waals surface area contributed by atoms with E-state index in [0.717, 1.165) is 20.9 Å². The molecule has 0 fully saturated rings. The Hall–Kier alpha value is -2.07. The van der Waals surface area contributed by atoms with Gasteiger partial charge in [-0.3, -0.25) is 4.79 Å². The molecule has 0 saturated carbocycles. The quantitative estimate of drug-likeness (QED) is 0.775. The lowest BCUT2D eigenvalue weighted by Crippen LogP contribution is -2.09. The van der Waals surface area contributed by atoms with E-state index in [-0.39, 0.29) is 5.56 Å². The molecule has 0 amide bonds. The number of aromatic amines is 1. The first-order chi connectivity index (χ1) is 10.1. The number of rotatable bonds is 3. The van der Waals surface area contributed by atoms with E-state index < -0.39 is 0 Å². The van der Waals surface area contributed by atoms with Crippen molar-refractivity contribution in [3.8, 4) is 5.75 Å². The van der Waals surface area contributed by atoms with Gasteiger partial charge in [0.05, 0.1) is 5.52 Å². The highest BCUT2D eigenvalue weighted by atomic mass is 79.9. The van der Waals surface area contributed by atoms with Crippen LogP contribution in [-0.2, 0) is 6.61 Å². The Morgan fingerprint density at radius 3 is 2.67 bits per heavy atom. The number of pyridine rings is 1. The zero-order valence-electron chi connectivity index (χ0n) is 11.5. The molecule has 3 nitrogen and oxygen atoms in total. The fourth-order valence-electron chi connectivity index (χ4n) is 2.19. The Kier molecular flexibility index (Phi) is 3.80. The molecule has 1 heterocycles. The van der Waals surface area contributed by atoms with Gasteiger partial charge in [-0.2, -0.15) is 0 Å². The van der Waals surface area contributed by atoms with E-state index in [0.29, 0.717) is 17.9 Å². The van der Waals surface area contributed by atoms with Gasteiger partial charge in [-0.15, -0.1) is 0 Å². The van der Waals surface area contributed by atoms with Crippen LogP contribution in [0, 0.1) is 6.92 Å². The minimum atomic E-state index is -0.0924. The van der Waals surface area contributed by atoms with Gasteiger partial charge in [0.2, 0.25) is 0 Å². The van der Waals surface area contributed by atoms with Crippen molar-refractivity contribution in [1.29, 1.82) is 0 Å². The van der Waals surface area contributed by atoms with Crippen LogP contribution >= 0.6 is 15.9 Å². The molecule has 0 aliphatic carbocycles. The average molecular weight is 344 g/mol. The van der Waals surface area contributed by atoms with Gasteiger partial charge in [0, 0.05) is 15.4 Å². The standard InChI is InChI=1S/C17H14BrNO2/c1-11-9-13-14(18)7-8-15(16(13)19-17(11)20)21-10-12-5-3-2-4-6-12/h2-9H,10H2,1H3,(H,19,20). The second-order valence-corrected chi connectivity index (χ2v) is 5.74. The molecule has 0 aliphatic rings. The molecular formula is C17H14BrNO2. The SMILES string of the molecule is Cc1cc2c(Br)ccc(OCc3ccccc3)c2[nH]c1=O. The number of fused-ring (bicyclic) bond motifs is 1. The van der Waals surface area contributed by atoms with E-state index in [1.807, 2.05) is 48.5 Å². The highest BCUT2D eigenvalue weighted by molar-refractivity contribution is 9.10. The summed E-state index contributed by atoms with van der Waals surface area (Å²) in [5, 5.41) is 0.942. The number of benzene rings is 2. The van der Waals surface area contributed by atoms with Crippen molar-refractivity contribution in [2.75, 3.05) is 0 Å². The Morgan fingerprint density at radius 1 is 1.14 bits per heavy atom. The number of nitrogens with one attached hydrogen (secondary N) is 1. The number of hydrogen-bond donors (Lipinski definition) is 1. The second kappa shape index (κ2) is 5.74. The van der Waals surface area contributed by atoms with E-state index in [1.165, 1.54) is 0 Å². The summed E-state index contributed by atoms with van der Waals surface area (Å²) in [4.78, 5) is 14.7. The normalized spacial score (nSPS) is 10.8. The van der Waals surface area contributed by atoms with Gasteiger partial charge in [-0.25, -0.2) is 0 Å². The molecule has 0 aliphatic heterocycles. The lowest BCUT2D eigenvalue weighted by Gasteiger charge is -2.11. The first-order valence-electron chi connectivity index (χ1n) is 6.64. The van der Waals surface area contributed by atoms with E-state index >= 15 is 0 Å². The Morgan fingerprint density at radius 2 is 1.90 bits per heavy atom. The van der Waals surface area contributed by atoms with Crippen molar-refractivity contribution in [3.05, 3.63) is 74.5 Å². The van der Waals surface area contributed by atoms with E-state index in [1.54, 1.807) is 6.92 Å². The van der Waals surface area contributed by atoms with Crippen LogP contribution in [0.2, 0.25) is 0 Å². The van der Waals surface area contributed by atoms with Gasteiger partial charge in [-0.05, 0) is 30.7 Å². The minimum Gasteiger partial charge on any atom is -0.487 e. The summed E-state index contributed by atoms with van der Waals surface area (Å²) in [5.41, 5.74) is 2.40. The molecule has 21 heavy (non-hydrogen) atoms. The summed E-state index contributed by atoms with van der Waals surface area (Å²) in [6, 6.07) is 15.6. The summed E-state index contributed by atoms with van der Waals surface area (Å²) in [6.45, 7) is 2.26. The first kappa shape index (κ1) is 13.9. The molecule has 0 unspecified atom stereocenters. The van der Waals surface area contributed by atoms with Crippen molar-refractivity contribution >= 4 is 26.8 Å². The second-order valence-electron chi connectivity index (χ2n) is 4.89. The third-order valence-corrected chi connectivity index (χ3v) is 4.04. The maximum absolute atomic E-state index is 11.8. The van der Waals surface area contributed by atoms with E-state index in [2.05, 4.69) is 20.9 Å². The lowest BCUT2D eigenvalue weighted by atomic mass is 10.1. The predicted molar refractivity (Wildman–Crippen MR) is 87.8 cm³/mol. The number of H-pyrrole nitrogens is 1. The molecule has 0 radical (unpaired) electrons. The van der Waals surface area contributed by atoms with Gasteiger partial charge >= 0.3 is 0 Å². The molecule has 3 rings (SSSR count). The van der Waals surface area contributed by atoms with Crippen LogP contribution in [0.25, 0.3) is 10.9 Å². The maximum atomic E-state index is 11.8. The molecule has 0 atom stereocenters. The third kappa shape index (κ3) is 2.85. The fraction of sp³-hybridized carbons (Fsp3) is 0.118. The maximum Gasteiger partial charge on any atom is 0.251 e. The van der Waals surface area contributed by atoms with E-state index in [4.69, 9.17) is 4.74 Å². The summed E-state index contributed by atoms with van der Waals surface area (Å²) < 4.78 is 6.80. The summed E-state index contributed by atoms with van der Waals surface area (Å²) in [5.74, 6) is 0.675. The van der Waals surface area contributed by atoms with Crippen molar-refractivity contribution < 1.29 is 4.74 Å². The van der Waals surface area contributed by atoms with Crippen LogP contribution < -0.4 is 10.3 Å². The molecule has 106 valence electrons. The molecule has 0 spiro atoms. The van der Waals surface area contributed by atoms with Gasteiger partial charge in [-0.1, -0.05) is 46.3 Å². The van der Waals surface area contributed by atoms with Crippen LogP contribution in [0.3, 0.4) is 0 Å². The molecule has 0 saturated heterocycles. The summed E-state index contributed by atoms with van der Waals surface area (Å²) in [7, 11) is 0. The Balaban J connectivity index is 2.01. The highest BCUT2D eigenvalue weighted by Gasteiger charge is 2.08. The van der Waals surface area contributed by atoms with Crippen molar-refractivity contribution in [1.82, 2.24) is 4.98 Å². The number of halogens is 1. The molecule has 2 aromatic carbocycles. The lowest BCUT2D eigenvalue weighted by molar-refractivity contribution is 0.309. The van der Waals surface area contributed by atoms with Crippen LogP contribution in [0.5, 0.6) is 5.75 Å². The molecule has 1 N–H and O–H groups in total. The molecule has 4 heteroatoms. The minimum absolute atomic E-state index is 0.0924. The van der Waals surface area contributed by atoms with Crippen LogP contribution in [0.4, 0.5) is 0 Å². The highest BCUT2D eigenvalue weighted by Crippen LogP contribution is 2.30. The summed E-state index contributed by atoms with van der Waals surface area (Å²) in [6.07, 6.45) is 0. The van der Waals surface area contributed by atoms with Crippen molar-refractivity contribution in [3.63, 3.8) is 0 Å². The van der Waals surface area contributed by atoms with Crippen LogP contribution in [-0.4, -0.2) is 4.98 Å². The largest absolute Gasteiger partial charge is 0.487 e. The Bertz CT molecular complexity index is 841. The van der Waals surface area contributed by atoms with Gasteiger partial charge < -0.3 is 9.72 Å². The summed E-state index contributed by atoms with van der Waals surface area (Å²) >= 11 is 3.51. The molecular weight excluding hydrogens is 330 g/mol. The first-order valence-corrected chi connectivity index (χ1v) is 7.43. The van der Waals surface area contributed by atoms with Crippen LogP contribution in [0.1, 0.15) is 11.1 Å². The number of hydrogen-bond acceptors (Lipinski definition) is 2. The molecule has 3 aromatic rings. The van der Waals surface area contributed by atoms with Gasteiger partial charge in [0.25, 0.3) is 5.56 Å². The monoisotopic (exact) mass is 343 g/mol. The van der Waals surface area contributed by atoms with Crippen LogP contribution in [0.15, 0.2) is 57.8 Å². The molecule has 0 bridgehead atoms. The number of aryl methyl sites for hydroxylation is 1. The van der Waals surface area contributed by atoms with Crippen molar-refractivity contribution in [2.24, 2.45) is 0 Å². The third-order valence-electron chi connectivity index (χ3n) is 3.35. The smallest absolute Gasteiger partial charge is 0.251 e. The topological polar surface area (TPSA) is 42.1 Å². The molecule has 1 aromatic heterocycles. The van der Waals surface area contributed by atoms with Gasteiger partial charge in [0.1, 0.15) is 12.4 Å². The van der Waals surface area contributed by atoms with Gasteiger partial charge in [0.15, 0.2) is 0 Å². The zero-order valence-corrected chi connectivity index (χ0v) is 13.1. The number of aromatic nitrogens is 1. The zero-order chi connectivity index (χ0) is 14.8. The average Bonchev–Trinajstić information content (AvgIpc) is 2.50. The van der Waals surface area contributed by atoms with Crippen molar-refractivity contribution in [2.45, 2.75) is 13.5 Å². The predicted octanol–water partition coefficient (Wildman–Crippen LogP) is 4.18. The fourth-order valence-corrected chi connectivity index (χ4v) is 2.64. The number of ether oxygens (including phenoxy) is 1.